The Morgan fingerprint density at radius 3 is 3.00 bits per heavy atom. The molecule has 0 amide bonds. The van der Waals surface area contributed by atoms with E-state index >= 15 is 0 Å². The normalized spacial score (nSPS) is 10.8. The Morgan fingerprint density at radius 1 is 1.37 bits per heavy atom. The molecule has 6 heteroatoms. The molecule has 0 fully saturated rings. The van der Waals surface area contributed by atoms with Gasteiger partial charge in [-0.3, -0.25) is 0 Å². The topological polar surface area (TPSA) is 56.7 Å². The Kier molecular flexibility index (Phi) is 2.83. The van der Waals surface area contributed by atoms with Crippen molar-refractivity contribution in [3.63, 3.8) is 0 Å². The third-order valence-corrected chi connectivity index (χ3v) is 2.60. The first-order valence-electron chi connectivity index (χ1n) is 5.77. The van der Waals surface area contributed by atoms with E-state index in [0.29, 0.717) is 29.5 Å². The summed E-state index contributed by atoms with van der Waals surface area (Å²) in [7, 11) is 0. The van der Waals surface area contributed by atoms with Gasteiger partial charge in [-0.15, -0.1) is 0 Å². The van der Waals surface area contributed by atoms with E-state index in [1.165, 1.54) is 18.4 Å². The van der Waals surface area contributed by atoms with Crippen LogP contribution in [0.1, 0.15) is 11.5 Å². The van der Waals surface area contributed by atoms with Crippen molar-refractivity contribution in [3.05, 3.63) is 54.2 Å². The molecule has 0 unspecified atom stereocenters. The van der Waals surface area contributed by atoms with Crippen molar-refractivity contribution in [2.24, 2.45) is 0 Å². The number of hydrogen-bond donors (Lipinski definition) is 0. The van der Waals surface area contributed by atoms with Crippen LogP contribution >= 0.6 is 0 Å². The molecule has 1 aromatic carbocycles. The van der Waals surface area contributed by atoms with Crippen molar-refractivity contribution in [2.45, 2.75) is 13.5 Å². The highest BCUT2D eigenvalue weighted by Crippen LogP contribution is 2.19. The SMILES string of the molecule is Cc1ncn(Cc2coc(-c3cccc(F)c3)n2)n1. The van der Waals surface area contributed by atoms with E-state index < -0.39 is 0 Å². The van der Waals surface area contributed by atoms with E-state index in [4.69, 9.17) is 4.42 Å². The van der Waals surface area contributed by atoms with Gasteiger partial charge in [-0.05, 0) is 25.1 Å². The molecule has 19 heavy (non-hydrogen) atoms. The van der Waals surface area contributed by atoms with Crippen LogP contribution < -0.4 is 0 Å². The van der Waals surface area contributed by atoms with Crippen LogP contribution in [0.25, 0.3) is 11.5 Å². The second-order valence-corrected chi connectivity index (χ2v) is 4.14. The smallest absolute Gasteiger partial charge is 0.226 e. The molecule has 0 aliphatic carbocycles. The molecule has 0 aliphatic heterocycles. The van der Waals surface area contributed by atoms with Crippen LogP contribution in [0.4, 0.5) is 4.39 Å². The zero-order chi connectivity index (χ0) is 13.2. The van der Waals surface area contributed by atoms with Crippen LogP contribution in [0, 0.1) is 12.7 Å². The molecule has 3 rings (SSSR count). The molecule has 5 nitrogen and oxygen atoms in total. The van der Waals surface area contributed by atoms with E-state index in [2.05, 4.69) is 15.1 Å². The summed E-state index contributed by atoms with van der Waals surface area (Å²) in [6.45, 7) is 2.29. The maximum atomic E-state index is 13.1. The predicted molar refractivity (Wildman–Crippen MR) is 65.8 cm³/mol. The van der Waals surface area contributed by atoms with Gasteiger partial charge < -0.3 is 4.42 Å². The second-order valence-electron chi connectivity index (χ2n) is 4.14. The second kappa shape index (κ2) is 4.64. The average molecular weight is 258 g/mol. The van der Waals surface area contributed by atoms with E-state index in [0.717, 1.165) is 0 Å². The number of rotatable bonds is 3. The van der Waals surface area contributed by atoms with Crippen LogP contribution in [0.3, 0.4) is 0 Å². The van der Waals surface area contributed by atoms with Gasteiger partial charge in [0.25, 0.3) is 0 Å². The highest BCUT2D eigenvalue weighted by molar-refractivity contribution is 5.52. The molecule has 2 heterocycles. The average Bonchev–Trinajstić information content (AvgIpc) is 2.99. The number of halogens is 1. The van der Waals surface area contributed by atoms with Crippen molar-refractivity contribution in [2.75, 3.05) is 0 Å². The van der Waals surface area contributed by atoms with Gasteiger partial charge >= 0.3 is 0 Å². The molecular formula is C13H11FN4O. The fourth-order valence-electron chi connectivity index (χ4n) is 1.76. The van der Waals surface area contributed by atoms with Crippen molar-refractivity contribution in [1.82, 2.24) is 19.7 Å². The van der Waals surface area contributed by atoms with Crippen LogP contribution in [-0.2, 0) is 6.54 Å². The molecule has 0 N–H and O–H groups in total. The first-order valence-corrected chi connectivity index (χ1v) is 5.77. The lowest BCUT2D eigenvalue weighted by Crippen LogP contribution is -2.00. The molecule has 0 radical (unpaired) electrons. The molecule has 2 aromatic heterocycles. The van der Waals surface area contributed by atoms with Gasteiger partial charge in [-0.25, -0.2) is 19.0 Å². The molecule has 0 saturated heterocycles. The summed E-state index contributed by atoms with van der Waals surface area (Å²) in [5, 5.41) is 4.17. The Morgan fingerprint density at radius 2 is 2.26 bits per heavy atom. The Hall–Kier alpha value is -2.50. The molecule has 3 aromatic rings. The number of aromatic nitrogens is 4. The monoisotopic (exact) mass is 258 g/mol. The summed E-state index contributed by atoms with van der Waals surface area (Å²) in [5.74, 6) is 0.782. The van der Waals surface area contributed by atoms with Gasteiger partial charge in [0.15, 0.2) is 0 Å². The van der Waals surface area contributed by atoms with Gasteiger partial charge in [0.2, 0.25) is 5.89 Å². The van der Waals surface area contributed by atoms with Crippen LogP contribution in [0.5, 0.6) is 0 Å². The lowest BCUT2D eigenvalue weighted by Gasteiger charge is -1.95. The lowest BCUT2D eigenvalue weighted by atomic mass is 10.2. The van der Waals surface area contributed by atoms with Gasteiger partial charge in [0.1, 0.15) is 29.9 Å². The Bertz CT molecular complexity index is 704. The number of oxazole rings is 1. The largest absolute Gasteiger partial charge is 0.444 e. The number of aryl methyl sites for hydroxylation is 1. The fourth-order valence-corrected chi connectivity index (χ4v) is 1.76. The van der Waals surface area contributed by atoms with E-state index in [-0.39, 0.29) is 5.82 Å². The van der Waals surface area contributed by atoms with Gasteiger partial charge in [0, 0.05) is 5.56 Å². The minimum absolute atomic E-state index is 0.316. The first kappa shape index (κ1) is 11.6. The number of hydrogen-bond acceptors (Lipinski definition) is 4. The zero-order valence-corrected chi connectivity index (χ0v) is 10.2. The van der Waals surface area contributed by atoms with E-state index in [1.807, 2.05) is 6.92 Å². The third kappa shape index (κ3) is 2.52. The standard InChI is InChI=1S/C13H11FN4O/c1-9-15-8-18(17-9)6-12-7-19-13(16-12)10-3-2-4-11(14)5-10/h2-5,7-8H,6H2,1H3. The third-order valence-electron chi connectivity index (χ3n) is 2.60. The Labute approximate surface area is 108 Å². The molecule has 0 aliphatic rings. The minimum Gasteiger partial charge on any atom is -0.444 e. The van der Waals surface area contributed by atoms with Gasteiger partial charge in [-0.2, -0.15) is 5.10 Å². The highest BCUT2D eigenvalue weighted by atomic mass is 19.1. The highest BCUT2D eigenvalue weighted by Gasteiger charge is 2.08. The summed E-state index contributed by atoms with van der Waals surface area (Å²) in [6, 6.07) is 6.13. The summed E-state index contributed by atoms with van der Waals surface area (Å²) < 4.78 is 20.1. The quantitative estimate of drug-likeness (QED) is 0.724. The number of benzene rings is 1. The molecule has 0 atom stereocenters. The Balaban J connectivity index is 1.83. The van der Waals surface area contributed by atoms with Crippen molar-refractivity contribution >= 4 is 0 Å². The summed E-state index contributed by atoms with van der Waals surface area (Å²) in [4.78, 5) is 8.34. The molecular weight excluding hydrogens is 247 g/mol. The van der Waals surface area contributed by atoms with Crippen molar-refractivity contribution in [3.8, 4) is 11.5 Å². The zero-order valence-electron chi connectivity index (χ0n) is 10.2. The minimum atomic E-state index is -0.316. The van der Waals surface area contributed by atoms with Crippen LogP contribution in [0.2, 0.25) is 0 Å². The van der Waals surface area contributed by atoms with E-state index in [9.17, 15) is 4.39 Å². The maximum Gasteiger partial charge on any atom is 0.226 e. The van der Waals surface area contributed by atoms with Crippen LogP contribution in [-0.4, -0.2) is 19.7 Å². The maximum absolute atomic E-state index is 13.1. The lowest BCUT2D eigenvalue weighted by molar-refractivity contribution is 0.567. The molecule has 0 spiro atoms. The fraction of sp³-hybridized carbons (Fsp3) is 0.154. The van der Waals surface area contributed by atoms with Crippen LogP contribution in [0.15, 0.2) is 41.3 Å². The summed E-state index contributed by atoms with van der Waals surface area (Å²) >= 11 is 0. The van der Waals surface area contributed by atoms with E-state index in [1.54, 1.807) is 23.1 Å². The molecule has 0 saturated carbocycles. The first-order chi connectivity index (χ1) is 9.20. The van der Waals surface area contributed by atoms with Gasteiger partial charge in [-0.1, -0.05) is 6.07 Å². The molecule has 96 valence electrons. The van der Waals surface area contributed by atoms with Crippen molar-refractivity contribution < 1.29 is 8.81 Å². The predicted octanol–water partition coefficient (Wildman–Crippen LogP) is 2.43. The van der Waals surface area contributed by atoms with Gasteiger partial charge in [0.05, 0.1) is 6.54 Å². The van der Waals surface area contributed by atoms with Crippen molar-refractivity contribution in [1.29, 1.82) is 0 Å². The molecule has 0 bridgehead atoms. The summed E-state index contributed by atoms with van der Waals surface area (Å²) in [5.41, 5.74) is 1.32. The summed E-state index contributed by atoms with van der Waals surface area (Å²) in [6.07, 6.45) is 3.17. The number of nitrogens with zero attached hydrogens (tertiary/aromatic N) is 4.